The van der Waals surface area contributed by atoms with E-state index < -0.39 is 0 Å². The van der Waals surface area contributed by atoms with Crippen molar-refractivity contribution in [3.8, 4) is 0 Å². The molecule has 0 spiro atoms. The van der Waals surface area contributed by atoms with Crippen LogP contribution >= 0.6 is 0 Å². The molecule has 0 fully saturated rings. The molecule has 2 N–H and O–H groups in total. The Morgan fingerprint density at radius 3 is 2.76 bits per heavy atom. The number of aryl methyl sites for hydroxylation is 1. The largest absolute Gasteiger partial charge is 0.344 e. The van der Waals surface area contributed by atoms with Gasteiger partial charge in [0.05, 0.1) is 11.6 Å². The molecule has 0 aliphatic carbocycles. The molecule has 0 unspecified atom stereocenters. The number of nitrogens with one attached hydrogen (secondary N) is 2. The van der Waals surface area contributed by atoms with Crippen LogP contribution < -0.4 is 5.32 Å². The second-order valence-electron chi connectivity index (χ2n) is 5.22. The number of aromatic nitrogens is 2. The number of aromatic amines is 1. The van der Waals surface area contributed by atoms with Gasteiger partial charge in [0.1, 0.15) is 5.65 Å². The lowest BCUT2D eigenvalue weighted by molar-refractivity contribution is -0.117. The van der Waals surface area contributed by atoms with Gasteiger partial charge in [-0.3, -0.25) is 4.79 Å². The van der Waals surface area contributed by atoms with Crippen LogP contribution in [0.4, 0.5) is 5.69 Å². The fourth-order valence-corrected chi connectivity index (χ4v) is 2.31. The number of anilines is 1. The van der Waals surface area contributed by atoms with E-state index in [-0.39, 0.29) is 11.8 Å². The van der Waals surface area contributed by atoms with Gasteiger partial charge in [-0.1, -0.05) is 29.8 Å². The third-order valence-corrected chi connectivity index (χ3v) is 3.68. The number of benzene rings is 1. The highest BCUT2D eigenvalue weighted by Crippen LogP contribution is 2.23. The average molecular weight is 279 g/mol. The van der Waals surface area contributed by atoms with Crippen molar-refractivity contribution in [2.45, 2.75) is 19.8 Å². The molecule has 4 nitrogen and oxygen atoms in total. The molecule has 0 saturated carbocycles. The first-order valence-corrected chi connectivity index (χ1v) is 6.94. The standard InChI is InChI=1S/C17H17N3O/c1-11-5-7-13(8-6-11)12(2)17(21)20-15-10-19-16-14(15)4-3-9-18-16/h3-10,12H,1-2H3,(H,18,19)(H,20,21)/t12-/m1/s1. The molecule has 2 aromatic heterocycles. The summed E-state index contributed by atoms with van der Waals surface area (Å²) in [5.74, 6) is -0.226. The molecule has 1 atom stereocenters. The Kier molecular flexibility index (Phi) is 3.44. The highest BCUT2D eigenvalue weighted by Gasteiger charge is 2.16. The van der Waals surface area contributed by atoms with E-state index in [0.717, 1.165) is 22.3 Å². The van der Waals surface area contributed by atoms with E-state index in [2.05, 4.69) is 15.3 Å². The normalized spacial score (nSPS) is 12.3. The molecule has 1 aromatic carbocycles. The van der Waals surface area contributed by atoms with Gasteiger partial charge in [0.2, 0.25) is 5.91 Å². The summed E-state index contributed by atoms with van der Waals surface area (Å²) in [5.41, 5.74) is 3.74. The van der Waals surface area contributed by atoms with E-state index in [0.29, 0.717) is 0 Å². The maximum Gasteiger partial charge on any atom is 0.231 e. The highest BCUT2D eigenvalue weighted by atomic mass is 16.1. The summed E-state index contributed by atoms with van der Waals surface area (Å²) < 4.78 is 0. The molecule has 21 heavy (non-hydrogen) atoms. The van der Waals surface area contributed by atoms with E-state index in [4.69, 9.17) is 0 Å². The summed E-state index contributed by atoms with van der Waals surface area (Å²) in [6, 6.07) is 11.8. The molecule has 0 aliphatic heterocycles. The number of fused-ring (bicyclic) bond motifs is 1. The van der Waals surface area contributed by atoms with Crippen molar-refractivity contribution in [3.05, 3.63) is 59.9 Å². The molecule has 106 valence electrons. The second-order valence-corrected chi connectivity index (χ2v) is 5.22. The molecule has 1 amide bonds. The number of pyridine rings is 1. The fraction of sp³-hybridized carbons (Fsp3) is 0.176. The monoisotopic (exact) mass is 279 g/mol. The maximum atomic E-state index is 12.4. The van der Waals surface area contributed by atoms with Crippen molar-refractivity contribution in [2.24, 2.45) is 0 Å². The van der Waals surface area contributed by atoms with Crippen LogP contribution in [0.5, 0.6) is 0 Å². The Balaban J connectivity index is 1.81. The van der Waals surface area contributed by atoms with Crippen molar-refractivity contribution in [3.63, 3.8) is 0 Å². The minimum Gasteiger partial charge on any atom is -0.344 e. The van der Waals surface area contributed by atoms with Crippen LogP contribution in [0.15, 0.2) is 48.8 Å². The van der Waals surface area contributed by atoms with Crippen LogP contribution in [0.25, 0.3) is 11.0 Å². The molecule has 3 aromatic rings. The van der Waals surface area contributed by atoms with Crippen molar-refractivity contribution >= 4 is 22.6 Å². The minimum atomic E-state index is -0.202. The summed E-state index contributed by atoms with van der Waals surface area (Å²) in [5, 5.41) is 3.89. The van der Waals surface area contributed by atoms with Gasteiger partial charge in [-0.05, 0) is 31.5 Å². The quantitative estimate of drug-likeness (QED) is 0.769. The zero-order valence-electron chi connectivity index (χ0n) is 12.1. The lowest BCUT2D eigenvalue weighted by Crippen LogP contribution is -2.18. The first-order valence-electron chi connectivity index (χ1n) is 6.94. The average Bonchev–Trinajstić information content (AvgIpc) is 2.91. The van der Waals surface area contributed by atoms with Gasteiger partial charge < -0.3 is 10.3 Å². The smallest absolute Gasteiger partial charge is 0.231 e. The number of rotatable bonds is 3. The number of carbonyl (C=O) groups excluding carboxylic acids is 1. The molecule has 4 heteroatoms. The number of hydrogen-bond donors (Lipinski definition) is 2. The summed E-state index contributed by atoms with van der Waals surface area (Å²) >= 11 is 0. The molecule has 0 aliphatic rings. The van der Waals surface area contributed by atoms with Gasteiger partial charge in [0, 0.05) is 17.8 Å². The van der Waals surface area contributed by atoms with Crippen LogP contribution in [-0.2, 0) is 4.79 Å². The Morgan fingerprint density at radius 1 is 1.24 bits per heavy atom. The Morgan fingerprint density at radius 2 is 2.00 bits per heavy atom. The fourth-order valence-electron chi connectivity index (χ4n) is 2.31. The highest BCUT2D eigenvalue weighted by molar-refractivity contribution is 6.02. The van der Waals surface area contributed by atoms with Crippen LogP contribution in [0.2, 0.25) is 0 Å². The molecule has 0 saturated heterocycles. The molecule has 0 bridgehead atoms. The third kappa shape index (κ3) is 2.65. The molecular weight excluding hydrogens is 262 g/mol. The summed E-state index contributed by atoms with van der Waals surface area (Å²) in [6.45, 7) is 3.94. The van der Waals surface area contributed by atoms with Gasteiger partial charge in [-0.25, -0.2) is 4.98 Å². The number of amides is 1. The van der Waals surface area contributed by atoms with E-state index in [1.54, 1.807) is 12.4 Å². The van der Waals surface area contributed by atoms with Gasteiger partial charge in [0.25, 0.3) is 0 Å². The zero-order chi connectivity index (χ0) is 14.8. The van der Waals surface area contributed by atoms with Crippen molar-refractivity contribution in [2.75, 3.05) is 5.32 Å². The lowest BCUT2D eigenvalue weighted by atomic mass is 9.99. The molecule has 3 rings (SSSR count). The Hall–Kier alpha value is -2.62. The van der Waals surface area contributed by atoms with E-state index >= 15 is 0 Å². The first-order chi connectivity index (χ1) is 10.1. The molecular formula is C17H17N3O. The van der Waals surface area contributed by atoms with Gasteiger partial charge >= 0.3 is 0 Å². The maximum absolute atomic E-state index is 12.4. The van der Waals surface area contributed by atoms with Crippen molar-refractivity contribution < 1.29 is 4.79 Å². The first kappa shape index (κ1) is 13.4. The van der Waals surface area contributed by atoms with E-state index in [9.17, 15) is 4.79 Å². The van der Waals surface area contributed by atoms with Gasteiger partial charge in [0.15, 0.2) is 0 Å². The lowest BCUT2D eigenvalue weighted by Gasteiger charge is -2.12. The SMILES string of the molecule is Cc1ccc([C@@H](C)C(=O)Nc2c[nH]c3ncccc23)cc1. The van der Waals surface area contributed by atoms with Crippen molar-refractivity contribution in [1.82, 2.24) is 9.97 Å². The predicted molar refractivity (Wildman–Crippen MR) is 84.3 cm³/mol. The molecule has 0 radical (unpaired) electrons. The van der Waals surface area contributed by atoms with Crippen molar-refractivity contribution in [1.29, 1.82) is 0 Å². The van der Waals surface area contributed by atoms with Gasteiger partial charge in [-0.15, -0.1) is 0 Å². The summed E-state index contributed by atoms with van der Waals surface area (Å²) in [6.07, 6.45) is 3.50. The van der Waals surface area contributed by atoms with Crippen LogP contribution in [0.3, 0.4) is 0 Å². The van der Waals surface area contributed by atoms with E-state index in [1.807, 2.05) is 50.2 Å². The zero-order valence-corrected chi connectivity index (χ0v) is 12.1. The van der Waals surface area contributed by atoms with Crippen LogP contribution in [0.1, 0.15) is 24.0 Å². The number of carbonyl (C=O) groups is 1. The number of hydrogen-bond acceptors (Lipinski definition) is 2. The number of nitrogens with zero attached hydrogens (tertiary/aromatic N) is 1. The minimum absolute atomic E-state index is 0.0244. The molecule has 2 heterocycles. The summed E-state index contributed by atoms with van der Waals surface area (Å²) in [7, 11) is 0. The third-order valence-electron chi connectivity index (χ3n) is 3.68. The summed E-state index contributed by atoms with van der Waals surface area (Å²) in [4.78, 5) is 19.7. The Bertz CT molecular complexity index is 774. The predicted octanol–water partition coefficient (Wildman–Crippen LogP) is 3.61. The van der Waals surface area contributed by atoms with Crippen LogP contribution in [0, 0.1) is 6.92 Å². The van der Waals surface area contributed by atoms with Gasteiger partial charge in [-0.2, -0.15) is 0 Å². The Labute approximate surface area is 123 Å². The second kappa shape index (κ2) is 5.40. The van der Waals surface area contributed by atoms with Crippen LogP contribution in [-0.4, -0.2) is 15.9 Å². The number of H-pyrrole nitrogens is 1. The topological polar surface area (TPSA) is 57.8 Å². The van der Waals surface area contributed by atoms with E-state index in [1.165, 1.54) is 5.56 Å².